The highest BCUT2D eigenvalue weighted by Crippen LogP contribution is 2.31. The van der Waals surface area contributed by atoms with Crippen LogP contribution in [0, 0.1) is 0 Å². The zero-order valence-electron chi connectivity index (χ0n) is 10.0. The third-order valence-corrected chi connectivity index (χ3v) is 2.67. The lowest BCUT2D eigenvalue weighted by atomic mass is 9.83. The van der Waals surface area contributed by atoms with E-state index in [4.69, 9.17) is 9.66 Å². The highest BCUT2D eigenvalue weighted by molar-refractivity contribution is 7.85. The lowest BCUT2D eigenvalue weighted by Gasteiger charge is -2.21. The van der Waals surface area contributed by atoms with E-state index < -0.39 is 16.1 Å². The molecule has 0 saturated heterocycles. The zero-order valence-corrected chi connectivity index (χ0v) is 10.9. The van der Waals surface area contributed by atoms with E-state index in [1.807, 2.05) is 24.3 Å². The molecule has 0 saturated carbocycles. The van der Waals surface area contributed by atoms with Gasteiger partial charge in [0.05, 0.1) is 12.2 Å². The van der Waals surface area contributed by atoms with Crippen molar-refractivity contribution in [1.29, 1.82) is 0 Å². The van der Waals surface area contributed by atoms with E-state index in [2.05, 4.69) is 0 Å². The topological polar surface area (TPSA) is 91.7 Å². The Kier molecular flexibility index (Phi) is 4.86. The van der Waals surface area contributed by atoms with Gasteiger partial charge < -0.3 is 5.11 Å². The Hall–Kier alpha value is -1.40. The van der Waals surface area contributed by atoms with Gasteiger partial charge in [0, 0.05) is 0 Å². The summed E-state index contributed by atoms with van der Waals surface area (Å²) in [6.07, 6.45) is 3.52. The molecule has 0 spiro atoms. The molecule has 1 aliphatic rings. The molecule has 100 valence electrons. The first kappa shape index (κ1) is 14.7. The molecule has 0 amide bonds. The average Bonchev–Trinajstić information content (AvgIpc) is 2.26. The number of carboxylic acid groups (broad SMARTS) is 1. The van der Waals surface area contributed by atoms with Crippen LogP contribution in [0.2, 0.25) is 0 Å². The molecule has 2 rings (SSSR count). The fourth-order valence-corrected chi connectivity index (χ4v) is 2.01. The van der Waals surface area contributed by atoms with Gasteiger partial charge in [0.25, 0.3) is 10.1 Å². The lowest BCUT2D eigenvalue weighted by molar-refractivity contribution is -0.139. The molecule has 0 heterocycles. The minimum atomic E-state index is -3.67. The van der Waals surface area contributed by atoms with Crippen molar-refractivity contribution in [2.45, 2.75) is 25.2 Å². The minimum Gasteiger partial charge on any atom is -0.481 e. The Morgan fingerprint density at radius 2 is 1.89 bits per heavy atom. The molecule has 1 aliphatic carbocycles. The van der Waals surface area contributed by atoms with Crippen LogP contribution in [0.4, 0.5) is 0 Å². The summed E-state index contributed by atoms with van der Waals surface area (Å²) in [6.45, 7) is 0. The number of hydrogen-bond acceptors (Lipinski definition) is 3. The Morgan fingerprint density at radius 1 is 1.33 bits per heavy atom. The Labute approximate surface area is 106 Å². The second-order valence-corrected chi connectivity index (χ2v) is 5.68. The molecule has 0 bridgehead atoms. The first-order chi connectivity index (χ1) is 8.29. The van der Waals surface area contributed by atoms with E-state index in [-0.39, 0.29) is 5.92 Å². The number of carboxylic acids is 1. The van der Waals surface area contributed by atoms with Crippen molar-refractivity contribution in [3.8, 4) is 0 Å². The number of benzene rings is 1. The van der Waals surface area contributed by atoms with Gasteiger partial charge in [0.2, 0.25) is 0 Å². The van der Waals surface area contributed by atoms with E-state index in [1.54, 1.807) is 0 Å². The van der Waals surface area contributed by atoms with Gasteiger partial charge in [0.1, 0.15) is 0 Å². The van der Waals surface area contributed by atoms with Crippen LogP contribution in [-0.2, 0) is 21.3 Å². The largest absolute Gasteiger partial charge is 0.481 e. The molecule has 5 nitrogen and oxygen atoms in total. The number of hydrogen-bond donors (Lipinski definition) is 2. The van der Waals surface area contributed by atoms with Crippen molar-refractivity contribution in [1.82, 2.24) is 0 Å². The molecule has 0 aliphatic heterocycles. The van der Waals surface area contributed by atoms with Crippen LogP contribution >= 0.6 is 0 Å². The fraction of sp³-hybridized carbons (Fsp3) is 0.417. The summed E-state index contributed by atoms with van der Waals surface area (Å²) in [4.78, 5) is 10.9. The van der Waals surface area contributed by atoms with Crippen molar-refractivity contribution in [2.75, 3.05) is 6.26 Å². The first-order valence-electron chi connectivity index (χ1n) is 5.52. The van der Waals surface area contributed by atoms with Crippen LogP contribution < -0.4 is 0 Å². The second-order valence-electron chi connectivity index (χ2n) is 4.21. The maximum Gasteiger partial charge on any atom is 0.310 e. The van der Waals surface area contributed by atoms with Gasteiger partial charge in [-0.1, -0.05) is 24.3 Å². The van der Waals surface area contributed by atoms with Gasteiger partial charge in [-0.15, -0.1) is 0 Å². The summed E-state index contributed by atoms with van der Waals surface area (Å²) >= 11 is 0. The van der Waals surface area contributed by atoms with Crippen LogP contribution in [-0.4, -0.2) is 30.3 Å². The van der Waals surface area contributed by atoms with E-state index in [9.17, 15) is 13.2 Å². The standard InChI is InChI=1S/C11H12O2.CH4O3S/c12-11(13)10-7-3-5-8-4-1-2-6-9(8)10;1-5(2,3)4/h1-2,4,6,10H,3,5,7H2,(H,12,13);1H3,(H,2,3,4). The summed E-state index contributed by atoms with van der Waals surface area (Å²) < 4.78 is 25.9. The van der Waals surface area contributed by atoms with Crippen LogP contribution in [0.5, 0.6) is 0 Å². The Bertz CT molecular complexity index is 513. The highest BCUT2D eigenvalue weighted by Gasteiger charge is 2.25. The van der Waals surface area contributed by atoms with E-state index in [1.165, 1.54) is 5.56 Å². The zero-order chi connectivity index (χ0) is 13.8. The Morgan fingerprint density at radius 3 is 2.44 bits per heavy atom. The van der Waals surface area contributed by atoms with Gasteiger partial charge in [-0.3, -0.25) is 9.35 Å². The van der Waals surface area contributed by atoms with Gasteiger partial charge >= 0.3 is 5.97 Å². The number of fused-ring (bicyclic) bond motifs is 1. The van der Waals surface area contributed by atoms with Gasteiger partial charge in [-0.25, -0.2) is 0 Å². The first-order valence-corrected chi connectivity index (χ1v) is 7.37. The molecule has 0 aromatic heterocycles. The van der Waals surface area contributed by atoms with Crippen LogP contribution in [0.25, 0.3) is 0 Å². The quantitative estimate of drug-likeness (QED) is 0.759. The molecular weight excluding hydrogens is 256 g/mol. The van der Waals surface area contributed by atoms with Crippen LogP contribution in [0.15, 0.2) is 24.3 Å². The predicted molar refractivity (Wildman–Crippen MR) is 67.2 cm³/mol. The maximum atomic E-state index is 10.9. The molecule has 1 atom stereocenters. The number of aliphatic carboxylic acids is 1. The summed E-state index contributed by atoms with van der Waals surface area (Å²) in [5.74, 6) is -0.961. The van der Waals surface area contributed by atoms with Crippen molar-refractivity contribution in [3.63, 3.8) is 0 Å². The third-order valence-electron chi connectivity index (χ3n) is 2.67. The predicted octanol–water partition coefficient (Wildman–Crippen LogP) is 1.70. The average molecular weight is 272 g/mol. The van der Waals surface area contributed by atoms with E-state index in [0.29, 0.717) is 6.26 Å². The summed E-state index contributed by atoms with van der Waals surface area (Å²) in [7, 11) is -3.67. The van der Waals surface area contributed by atoms with Crippen molar-refractivity contribution < 1.29 is 22.9 Å². The second kappa shape index (κ2) is 5.97. The Balaban J connectivity index is 0.000000280. The molecule has 2 N–H and O–H groups in total. The van der Waals surface area contributed by atoms with Crippen molar-refractivity contribution >= 4 is 16.1 Å². The lowest BCUT2D eigenvalue weighted by Crippen LogP contribution is -2.17. The fourth-order valence-electron chi connectivity index (χ4n) is 2.01. The molecule has 1 aromatic rings. The summed E-state index contributed by atoms with van der Waals surface area (Å²) in [6, 6.07) is 7.86. The minimum absolute atomic E-state index is 0.273. The van der Waals surface area contributed by atoms with Gasteiger partial charge in [-0.05, 0) is 30.4 Å². The highest BCUT2D eigenvalue weighted by atomic mass is 32.2. The molecule has 1 unspecified atom stereocenters. The number of carbonyl (C=O) groups is 1. The van der Waals surface area contributed by atoms with E-state index >= 15 is 0 Å². The molecule has 0 fully saturated rings. The number of aryl methyl sites for hydroxylation is 1. The van der Waals surface area contributed by atoms with Gasteiger partial charge in [-0.2, -0.15) is 8.42 Å². The van der Waals surface area contributed by atoms with Gasteiger partial charge in [0.15, 0.2) is 0 Å². The molecular formula is C12H16O5S. The maximum absolute atomic E-state index is 10.9. The summed E-state index contributed by atoms with van der Waals surface area (Å²) in [5.41, 5.74) is 2.22. The third kappa shape index (κ3) is 4.85. The monoisotopic (exact) mass is 272 g/mol. The SMILES string of the molecule is CS(=O)(=O)O.O=C(O)C1CCCc2ccccc21. The molecule has 18 heavy (non-hydrogen) atoms. The smallest absolute Gasteiger partial charge is 0.310 e. The van der Waals surface area contributed by atoms with Crippen LogP contribution in [0.1, 0.15) is 29.9 Å². The number of rotatable bonds is 1. The summed E-state index contributed by atoms with van der Waals surface area (Å²) in [5, 5.41) is 8.99. The normalized spacial score (nSPS) is 18.2. The van der Waals surface area contributed by atoms with Crippen molar-refractivity contribution in [3.05, 3.63) is 35.4 Å². The van der Waals surface area contributed by atoms with E-state index in [0.717, 1.165) is 24.8 Å². The molecule has 0 radical (unpaired) electrons. The van der Waals surface area contributed by atoms with Crippen LogP contribution in [0.3, 0.4) is 0 Å². The van der Waals surface area contributed by atoms with Crippen molar-refractivity contribution in [2.24, 2.45) is 0 Å². The molecule has 6 heteroatoms. The molecule has 1 aromatic carbocycles.